The molecule has 1 aliphatic heterocycles. The first-order valence-corrected chi connectivity index (χ1v) is 5.24. The summed E-state index contributed by atoms with van der Waals surface area (Å²) in [5, 5.41) is 7.20. The minimum Gasteiger partial charge on any atom is -0.390 e. The molecule has 1 atom stereocenters. The number of nitrogens with one attached hydrogen (secondary N) is 1. The van der Waals surface area contributed by atoms with Crippen molar-refractivity contribution in [3.63, 3.8) is 0 Å². The maximum Gasteiger partial charge on any atom is 0.145 e. The van der Waals surface area contributed by atoms with Gasteiger partial charge in [-0.3, -0.25) is 0 Å². The highest BCUT2D eigenvalue weighted by atomic mass is 16.6. The van der Waals surface area contributed by atoms with Crippen LogP contribution in [0.5, 0.6) is 0 Å². The molecule has 0 aliphatic carbocycles. The maximum absolute atomic E-state index is 5.32. The molecule has 0 unspecified atom stereocenters. The molecule has 0 saturated heterocycles. The predicted octanol–water partition coefficient (Wildman–Crippen LogP) is 1.71. The fraction of sp³-hybridized carbons (Fsp3) is 0.417. The van der Waals surface area contributed by atoms with Crippen LogP contribution in [-0.4, -0.2) is 25.4 Å². The Hall–Kier alpha value is -1.35. The van der Waals surface area contributed by atoms with Gasteiger partial charge in [0.15, 0.2) is 0 Å². The van der Waals surface area contributed by atoms with Crippen LogP contribution in [0, 0.1) is 6.92 Å². The standard InChI is InChI=1S/C12H16N2O/c1-9-3-5-10(6-4-9)12-7-11(8-13-2)15-14-12/h3-6,11,13H,7-8H2,1-2H3/t11-/m1/s1. The van der Waals surface area contributed by atoms with Crippen molar-refractivity contribution in [2.75, 3.05) is 13.6 Å². The molecule has 0 fully saturated rings. The van der Waals surface area contributed by atoms with Gasteiger partial charge in [0.1, 0.15) is 6.10 Å². The van der Waals surface area contributed by atoms with Gasteiger partial charge in [-0.05, 0) is 19.5 Å². The number of hydrogen-bond donors (Lipinski definition) is 1. The van der Waals surface area contributed by atoms with Crippen molar-refractivity contribution in [3.8, 4) is 0 Å². The summed E-state index contributed by atoms with van der Waals surface area (Å²) in [5.74, 6) is 0. The molecule has 3 nitrogen and oxygen atoms in total. The van der Waals surface area contributed by atoms with E-state index < -0.39 is 0 Å². The lowest BCUT2D eigenvalue weighted by Gasteiger charge is -2.05. The number of nitrogens with zero attached hydrogens (tertiary/aromatic N) is 1. The number of aryl methyl sites for hydroxylation is 1. The van der Waals surface area contributed by atoms with Gasteiger partial charge in [-0.25, -0.2) is 0 Å². The van der Waals surface area contributed by atoms with E-state index >= 15 is 0 Å². The van der Waals surface area contributed by atoms with E-state index in [1.54, 1.807) is 0 Å². The van der Waals surface area contributed by atoms with E-state index in [9.17, 15) is 0 Å². The third kappa shape index (κ3) is 2.36. The Morgan fingerprint density at radius 2 is 2.13 bits per heavy atom. The van der Waals surface area contributed by atoms with Gasteiger partial charge < -0.3 is 10.2 Å². The van der Waals surface area contributed by atoms with Gasteiger partial charge in [0, 0.05) is 13.0 Å². The molecule has 3 heteroatoms. The van der Waals surface area contributed by atoms with Crippen molar-refractivity contribution < 1.29 is 4.84 Å². The second kappa shape index (κ2) is 4.45. The molecule has 1 aliphatic rings. The third-order valence-corrected chi connectivity index (χ3v) is 2.55. The zero-order chi connectivity index (χ0) is 10.7. The van der Waals surface area contributed by atoms with Crippen molar-refractivity contribution in [3.05, 3.63) is 35.4 Å². The lowest BCUT2D eigenvalue weighted by molar-refractivity contribution is 0.0866. The highest BCUT2D eigenvalue weighted by molar-refractivity contribution is 6.01. The number of benzene rings is 1. The molecule has 1 heterocycles. The lowest BCUT2D eigenvalue weighted by atomic mass is 10.0. The van der Waals surface area contributed by atoms with Crippen molar-refractivity contribution in [1.29, 1.82) is 0 Å². The normalized spacial score (nSPS) is 19.9. The molecule has 0 bridgehead atoms. The average Bonchev–Trinajstić information content (AvgIpc) is 2.68. The molecule has 0 saturated carbocycles. The Morgan fingerprint density at radius 1 is 1.40 bits per heavy atom. The van der Waals surface area contributed by atoms with Crippen molar-refractivity contribution >= 4 is 5.71 Å². The van der Waals surface area contributed by atoms with Crippen molar-refractivity contribution in [2.45, 2.75) is 19.4 Å². The van der Waals surface area contributed by atoms with Gasteiger partial charge in [0.2, 0.25) is 0 Å². The quantitative estimate of drug-likeness (QED) is 0.813. The van der Waals surface area contributed by atoms with Gasteiger partial charge in [0.25, 0.3) is 0 Å². The SMILES string of the molecule is CNC[C@H]1CC(c2ccc(C)cc2)=NO1. The lowest BCUT2D eigenvalue weighted by Crippen LogP contribution is -2.23. The van der Waals surface area contributed by atoms with Gasteiger partial charge in [-0.15, -0.1) is 0 Å². The monoisotopic (exact) mass is 204 g/mol. The molecule has 2 rings (SSSR count). The zero-order valence-electron chi connectivity index (χ0n) is 9.16. The van der Waals surface area contributed by atoms with E-state index in [4.69, 9.17) is 4.84 Å². The van der Waals surface area contributed by atoms with E-state index in [-0.39, 0.29) is 6.10 Å². The van der Waals surface area contributed by atoms with Gasteiger partial charge in [0.05, 0.1) is 5.71 Å². The van der Waals surface area contributed by atoms with Crippen molar-refractivity contribution in [2.24, 2.45) is 5.16 Å². The topological polar surface area (TPSA) is 33.6 Å². The summed E-state index contributed by atoms with van der Waals surface area (Å²) in [6.07, 6.45) is 1.08. The Bertz CT molecular complexity index is 356. The van der Waals surface area contributed by atoms with Crippen LogP contribution in [0.4, 0.5) is 0 Å². The fourth-order valence-corrected chi connectivity index (χ4v) is 1.68. The Morgan fingerprint density at radius 3 is 2.80 bits per heavy atom. The first-order chi connectivity index (χ1) is 7.29. The largest absolute Gasteiger partial charge is 0.390 e. The van der Waals surface area contributed by atoms with Gasteiger partial charge >= 0.3 is 0 Å². The Balaban J connectivity index is 2.04. The third-order valence-electron chi connectivity index (χ3n) is 2.55. The summed E-state index contributed by atoms with van der Waals surface area (Å²) < 4.78 is 0. The maximum atomic E-state index is 5.32. The molecule has 0 amide bonds. The van der Waals surface area contributed by atoms with Gasteiger partial charge in [-0.1, -0.05) is 35.0 Å². The summed E-state index contributed by atoms with van der Waals surface area (Å²) in [6.45, 7) is 2.93. The fourth-order valence-electron chi connectivity index (χ4n) is 1.68. The zero-order valence-corrected chi connectivity index (χ0v) is 9.16. The van der Waals surface area contributed by atoms with Crippen LogP contribution < -0.4 is 5.32 Å². The average molecular weight is 204 g/mol. The summed E-state index contributed by atoms with van der Waals surface area (Å²) in [7, 11) is 1.92. The molecule has 1 N–H and O–H groups in total. The highest BCUT2D eigenvalue weighted by Gasteiger charge is 2.20. The summed E-state index contributed by atoms with van der Waals surface area (Å²) >= 11 is 0. The van der Waals surface area contributed by atoms with Crippen LogP contribution in [0.25, 0.3) is 0 Å². The first-order valence-electron chi connectivity index (χ1n) is 5.24. The molecular formula is C12H16N2O. The highest BCUT2D eigenvalue weighted by Crippen LogP contribution is 2.16. The van der Waals surface area contributed by atoms with E-state index in [1.807, 2.05) is 7.05 Å². The molecule has 1 aromatic carbocycles. The van der Waals surface area contributed by atoms with Crippen LogP contribution in [0.3, 0.4) is 0 Å². The Kier molecular flexibility index (Phi) is 3.02. The summed E-state index contributed by atoms with van der Waals surface area (Å²) in [5.41, 5.74) is 3.49. The molecule has 1 aromatic rings. The number of rotatable bonds is 3. The molecule has 0 spiro atoms. The van der Waals surface area contributed by atoms with E-state index in [0.29, 0.717) is 0 Å². The van der Waals surface area contributed by atoms with E-state index in [0.717, 1.165) is 18.7 Å². The van der Waals surface area contributed by atoms with Crippen LogP contribution >= 0.6 is 0 Å². The van der Waals surface area contributed by atoms with Crippen LogP contribution in [0.1, 0.15) is 17.5 Å². The summed E-state index contributed by atoms with van der Waals surface area (Å²) in [6, 6.07) is 8.39. The molecule has 0 aromatic heterocycles. The predicted molar refractivity (Wildman–Crippen MR) is 61.1 cm³/mol. The molecule has 0 radical (unpaired) electrons. The molecular weight excluding hydrogens is 188 g/mol. The Labute approximate surface area is 90.1 Å². The number of likely N-dealkylation sites (N-methyl/N-ethyl adjacent to an activating group) is 1. The van der Waals surface area contributed by atoms with Crippen LogP contribution in [0.15, 0.2) is 29.4 Å². The van der Waals surface area contributed by atoms with Crippen molar-refractivity contribution in [1.82, 2.24) is 5.32 Å². The van der Waals surface area contributed by atoms with Gasteiger partial charge in [-0.2, -0.15) is 0 Å². The van der Waals surface area contributed by atoms with E-state index in [1.165, 1.54) is 11.1 Å². The molecule has 15 heavy (non-hydrogen) atoms. The minimum atomic E-state index is 0.186. The second-order valence-electron chi connectivity index (χ2n) is 3.89. The van der Waals surface area contributed by atoms with E-state index in [2.05, 4.69) is 41.7 Å². The number of hydrogen-bond acceptors (Lipinski definition) is 3. The smallest absolute Gasteiger partial charge is 0.145 e. The first kappa shape index (κ1) is 10.2. The molecule has 80 valence electrons. The van der Waals surface area contributed by atoms with Crippen LogP contribution in [0.2, 0.25) is 0 Å². The minimum absolute atomic E-state index is 0.186. The summed E-state index contributed by atoms with van der Waals surface area (Å²) in [4.78, 5) is 5.32. The van der Waals surface area contributed by atoms with Crippen LogP contribution in [-0.2, 0) is 4.84 Å². The number of oxime groups is 1. The second-order valence-corrected chi connectivity index (χ2v) is 3.89.